The summed E-state index contributed by atoms with van der Waals surface area (Å²) in [4.78, 5) is 24.8. The Morgan fingerprint density at radius 3 is 2.22 bits per heavy atom. The van der Waals surface area contributed by atoms with E-state index in [2.05, 4.69) is 13.2 Å². The highest BCUT2D eigenvalue weighted by atomic mass is 16.2. The van der Waals surface area contributed by atoms with E-state index in [1.165, 1.54) is 6.07 Å². The molecule has 4 nitrogen and oxygen atoms in total. The van der Waals surface area contributed by atoms with Crippen LogP contribution in [0.4, 0.5) is 0 Å². The van der Waals surface area contributed by atoms with Gasteiger partial charge in [0.25, 0.3) is 5.91 Å². The molecule has 1 aromatic rings. The summed E-state index contributed by atoms with van der Waals surface area (Å²) in [7, 11) is 0. The summed E-state index contributed by atoms with van der Waals surface area (Å²) < 4.78 is 0. The van der Waals surface area contributed by atoms with Gasteiger partial charge in [-0.15, -0.1) is 13.2 Å². The molecule has 0 unspecified atom stereocenters. The Kier molecular flexibility index (Phi) is 4.87. The van der Waals surface area contributed by atoms with Crippen molar-refractivity contribution in [2.24, 2.45) is 5.73 Å². The summed E-state index contributed by atoms with van der Waals surface area (Å²) in [6, 6.07) is 6.34. The average Bonchev–Trinajstić information content (AvgIpc) is 2.38. The van der Waals surface area contributed by atoms with E-state index < -0.39 is 5.91 Å². The van der Waals surface area contributed by atoms with Gasteiger partial charge in [0.05, 0.1) is 0 Å². The van der Waals surface area contributed by atoms with E-state index in [1.54, 1.807) is 35.3 Å². The fourth-order valence-electron chi connectivity index (χ4n) is 1.54. The van der Waals surface area contributed by atoms with Gasteiger partial charge in [-0.3, -0.25) is 9.59 Å². The van der Waals surface area contributed by atoms with Gasteiger partial charge >= 0.3 is 0 Å². The van der Waals surface area contributed by atoms with Gasteiger partial charge in [-0.1, -0.05) is 18.2 Å². The Bertz CT molecular complexity index is 470. The van der Waals surface area contributed by atoms with Gasteiger partial charge in [0.15, 0.2) is 0 Å². The first-order valence-electron chi connectivity index (χ1n) is 5.51. The van der Waals surface area contributed by atoms with Crippen LogP contribution in [-0.2, 0) is 0 Å². The third-order valence-electron chi connectivity index (χ3n) is 2.38. The smallest absolute Gasteiger partial charge is 0.254 e. The van der Waals surface area contributed by atoms with Crippen LogP contribution in [-0.4, -0.2) is 29.8 Å². The summed E-state index contributed by atoms with van der Waals surface area (Å²) in [6.07, 6.45) is 3.28. The zero-order valence-electron chi connectivity index (χ0n) is 10.1. The van der Waals surface area contributed by atoms with Crippen LogP contribution >= 0.6 is 0 Å². The van der Waals surface area contributed by atoms with Gasteiger partial charge in [-0.25, -0.2) is 0 Å². The molecular weight excluding hydrogens is 228 g/mol. The first-order valence-corrected chi connectivity index (χ1v) is 5.51. The molecule has 4 heteroatoms. The van der Waals surface area contributed by atoms with Crippen molar-refractivity contribution >= 4 is 11.8 Å². The monoisotopic (exact) mass is 244 g/mol. The second kappa shape index (κ2) is 6.39. The van der Waals surface area contributed by atoms with Gasteiger partial charge in [0, 0.05) is 24.2 Å². The molecule has 2 amide bonds. The molecule has 0 aliphatic heterocycles. The maximum Gasteiger partial charge on any atom is 0.254 e. The molecule has 0 fully saturated rings. The summed E-state index contributed by atoms with van der Waals surface area (Å²) in [5, 5.41) is 0. The number of primary amides is 1. The Hall–Kier alpha value is -2.36. The minimum absolute atomic E-state index is 0.182. The molecule has 94 valence electrons. The van der Waals surface area contributed by atoms with E-state index in [1.807, 2.05) is 0 Å². The van der Waals surface area contributed by atoms with E-state index in [0.717, 1.165) is 0 Å². The summed E-state index contributed by atoms with van der Waals surface area (Å²) in [5.74, 6) is -0.735. The first-order chi connectivity index (χ1) is 8.60. The van der Waals surface area contributed by atoms with Crippen molar-refractivity contribution in [1.82, 2.24) is 4.90 Å². The highest BCUT2D eigenvalue weighted by Crippen LogP contribution is 2.08. The number of hydrogen-bond donors (Lipinski definition) is 1. The molecule has 0 spiro atoms. The lowest BCUT2D eigenvalue weighted by molar-refractivity contribution is 0.0791. The molecule has 18 heavy (non-hydrogen) atoms. The number of carbonyl (C=O) groups is 2. The molecule has 1 aromatic carbocycles. The number of benzene rings is 1. The van der Waals surface area contributed by atoms with Crippen LogP contribution in [0.15, 0.2) is 49.6 Å². The van der Waals surface area contributed by atoms with Crippen LogP contribution in [0, 0.1) is 0 Å². The highest BCUT2D eigenvalue weighted by molar-refractivity contribution is 5.99. The van der Waals surface area contributed by atoms with Crippen molar-refractivity contribution in [2.45, 2.75) is 0 Å². The lowest BCUT2D eigenvalue weighted by Crippen LogP contribution is -2.31. The molecule has 0 aliphatic carbocycles. The zero-order valence-corrected chi connectivity index (χ0v) is 10.1. The van der Waals surface area contributed by atoms with Crippen LogP contribution in [0.5, 0.6) is 0 Å². The third kappa shape index (κ3) is 3.31. The second-order valence-corrected chi connectivity index (χ2v) is 3.73. The van der Waals surface area contributed by atoms with Gasteiger partial charge < -0.3 is 10.6 Å². The van der Waals surface area contributed by atoms with E-state index in [9.17, 15) is 9.59 Å². The molecule has 1 rings (SSSR count). The largest absolute Gasteiger partial charge is 0.366 e. The normalized spacial score (nSPS) is 9.56. The molecular formula is C14H16N2O2. The molecule has 2 N–H and O–H groups in total. The minimum Gasteiger partial charge on any atom is -0.366 e. The number of nitrogens with two attached hydrogens (primary N) is 1. The standard InChI is InChI=1S/C14H16N2O2/c1-3-8-16(9-4-2)14(18)12-7-5-6-11(10-12)13(15)17/h3-7,10H,1-2,8-9H2,(H2,15,17). The van der Waals surface area contributed by atoms with Crippen molar-refractivity contribution in [2.75, 3.05) is 13.1 Å². The summed E-state index contributed by atoms with van der Waals surface area (Å²) in [6.45, 7) is 8.05. The maximum atomic E-state index is 12.2. The van der Waals surface area contributed by atoms with Crippen LogP contribution in [0.3, 0.4) is 0 Å². The highest BCUT2D eigenvalue weighted by Gasteiger charge is 2.14. The molecule has 0 saturated carbocycles. The molecule has 0 aromatic heterocycles. The molecule has 0 atom stereocenters. The van der Waals surface area contributed by atoms with Crippen LogP contribution < -0.4 is 5.73 Å². The maximum absolute atomic E-state index is 12.2. The van der Waals surface area contributed by atoms with Gasteiger partial charge in [-0.2, -0.15) is 0 Å². The number of nitrogens with zero attached hydrogens (tertiary/aromatic N) is 1. The lowest BCUT2D eigenvalue weighted by atomic mass is 10.1. The fraction of sp³-hybridized carbons (Fsp3) is 0.143. The number of rotatable bonds is 6. The quantitative estimate of drug-likeness (QED) is 0.772. The molecule has 0 saturated heterocycles. The number of hydrogen-bond acceptors (Lipinski definition) is 2. The van der Waals surface area contributed by atoms with Crippen LogP contribution in [0.2, 0.25) is 0 Å². The lowest BCUT2D eigenvalue weighted by Gasteiger charge is -2.19. The third-order valence-corrected chi connectivity index (χ3v) is 2.38. The second-order valence-electron chi connectivity index (χ2n) is 3.73. The predicted octanol–water partition coefficient (Wildman–Crippen LogP) is 1.60. The Balaban J connectivity index is 3.00. The van der Waals surface area contributed by atoms with Crippen molar-refractivity contribution < 1.29 is 9.59 Å². The Morgan fingerprint density at radius 1 is 1.17 bits per heavy atom. The SMILES string of the molecule is C=CCN(CC=C)C(=O)c1cccc(C(N)=O)c1. The van der Waals surface area contributed by atoms with E-state index in [-0.39, 0.29) is 5.91 Å². The summed E-state index contributed by atoms with van der Waals surface area (Å²) in [5.41, 5.74) is 5.92. The van der Waals surface area contributed by atoms with Crippen LogP contribution in [0.1, 0.15) is 20.7 Å². The van der Waals surface area contributed by atoms with Gasteiger partial charge in [-0.05, 0) is 18.2 Å². The van der Waals surface area contributed by atoms with Crippen LogP contribution in [0.25, 0.3) is 0 Å². The van der Waals surface area contributed by atoms with Gasteiger partial charge in [0.2, 0.25) is 5.91 Å². The van der Waals surface area contributed by atoms with E-state index >= 15 is 0 Å². The molecule has 0 radical (unpaired) electrons. The molecule has 0 aliphatic rings. The molecule has 0 heterocycles. The van der Waals surface area contributed by atoms with Crippen molar-refractivity contribution in [3.63, 3.8) is 0 Å². The van der Waals surface area contributed by atoms with Crippen molar-refractivity contribution in [1.29, 1.82) is 0 Å². The average molecular weight is 244 g/mol. The van der Waals surface area contributed by atoms with Crippen molar-refractivity contribution in [3.05, 3.63) is 60.7 Å². The number of amides is 2. The van der Waals surface area contributed by atoms with E-state index in [4.69, 9.17) is 5.73 Å². The fourth-order valence-corrected chi connectivity index (χ4v) is 1.54. The Morgan fingerprint density at radius 2 is 1.72 bits per heavy atom. The predicted molar refractivity (Wildman–Crippen MR) is 71.3 cm³/mol. The van der Waals surface area contributed by atoms with Crippen molar-refractivity contribution in [3.8, 4) is 0 Å². The summed E-state index contributed by atoms with van der Waals surface area (Å²) >= 11 is 0. The zero-order chi connectivity index (χ0) is 13.5. The Labute approximate surface area is 106 Å². The van der Waals surface area contributed by atoms with Gasteiger partial charge in [0.1, 0.15) is 0 Å². The first kappa shape index (κ1) is 13.7. The van der Waals surface area contributed by atoms with E-state index in [0.29, 0.717) is 24.2 Å². The minimum atomic E-state index is -0.552. The number of carbonyl (C=O) groups excluding carboxylic acids is 2. The molecule has 0 bridgehead atoms. The topological polar surface area (TPSA) is 63.4 Å².